The van der Waals surface area contributed by atoms with E-state index in [9.17, 15) is 0 Å². The van der Waals surface area contributed by atoms with Crippen LogP contribution in [0.5, 0.6) is 0 Å². The summed E-state index contributed by atoms with van der Waals surface area (Å²) in [6, 6.07) is 0. The Balaban J connectivity index is -0.0000000150. The Kier molecular flexibility index (Phi) is 108. The molecule has 0 radical (unpaired) electrons. The Hall–Kier alpha value is 0.700. The molecule has 0 bridgehead atoms. The summed E-state index contributed by atoms with van der Waals surface area (Å²) in [5, 5.41) is 0. The quantitative estimate of drug-likeness (QED) is 0.603. The molecule has 0 aliphatic heterocycles. The van der Waals surface area contributed by atoms with Gasteiger partial charge >= 0.3 is 0 Å². The van der Waals surface area contributed by atoms with Crippen molar-refractivity contribution < 1.29 is 4.70 Å². The van der Waals surface area contributed by atoms with Crippen molar-refractivity contribution in [2.75, 3.05) is 0 Å². The van der Waals surface area contributed by atoms with E-state index < -0.39 is 0 Å². The second-order valence-electron chi connectivity index (χ2n) is 1.000. The number of rotatable bonds is 1. The molecule has 3 heteroatoms. The minimum absolute atomic E-state index is 0. The number of hydrogen-bond donors (Lipinski definition) is 0. The lowest BCUT2D eigenvalue weighted by molar-refractivity contribution is 0.886. The van der Waals surface area contributed by atoms with Gasteiger partial charge in [-0.1, -0.05) is 26.7 Å². The van der Waals surface area contributed by atoms with Gasteiger partial charge in [0.1, 0.15) is 0 Å². The average Bonchev–Trinajstić information content (AvgIpc) is 1.37. The van der Waals surface area contributed by atoms with Gasteiger partial charge in [0.15, 0.2) is 0 Å². The molecule has 0 amide bonds. The fourth-order valence-electron chi connectivity index (χ4n) is 0. The maximum Gasteiger partial charge on any atom is -0.0564 e. The van der Waals surface area contributed by atoms with Crippen molar-refractivity contribution in [3.05, 3.63) is 0 Å². The van der Waals surface area contributed by atoms with E-state index in [1.165, 1.54) is 12.8 Å². The molecule has 0 aliphatic rings. The summed E-state index contributed by atoms with van der Waals surface area (Å²) in [6.45, 7) is 4.36. The summed E-state index contributed by atoms with van der Waals surface area (Å²) in [7, 11) is 0. The van der Waals surface area contributed by atoms with Gasteiger partial charge in [0, 0.05) is 0 Å². The summed E-state index contributed by atoms with van der Waals surface area (Å²) < 4.78 is 0. The van der Waals surface area contributed by atoms with Crippen LogP contribution in [0, 0.1) is 0 Å². The highest BCUT2D eigenvalue weighted by molar-refractivity contribution is 8.93. The van der Waals surface area contributed by atoms with Crippen LogP contribution in [-0.4, -0.2) is 0 Å². The molecule has 0 aromatic rings. The third-order valence-corrected chi connectivity index (χ3v) is 0.500. The zero-order chi connectivity index (χ0) is 3.41. The Morgan fingerprint density at radius 2 is 1.14 bits per heavy atom. The van der Waals surface area contributed by atoms with E-state index in [0.717, 1.165) is 0 Å². The van der Waals surface area contributed by atoms with Crippen molar-refractivity contribution in [3.63, 3.8) is 0 Å². The summed E-state index contributed by atoms with van der Waals surface area (Å²) in [5.41, 5.74) is 0. The maximum atomic E-state index is 2.18. The van der Waals surface area contributed by atoms with E-state index in [0.29, 0.717) is 0 Å². The molecule has 0 saturated heterocycles. The van der Waals surface area contributed by atoms with Gasteiger partial charge in [-0.05, 0) is 0 Å². The molecular weight excluding hydrogens is 182 g/mol. The van der Waals surface area contributed by atoms with Gasteiger partial charge in [-0.2, -0.15) is 0 Å². The van der Waals surface area contributed by atoms with Gasteiger partial charge in [-0.25, -0.2) is 0 Å². The van der Waals surface area contributed by atoms with Gasteiger partial charge in [-0.15, -0.1) is 29.4 Å². The first kappa shape index (κ1) is 25.2. The monoisotopic (exact) mass is 194 g/mol. The lowest BCUT2D eigenvalue weighted by Gasteiger charge is -1.68. The highest BCUT2D eigenvalue weighted by Crippen LogP contribution is 1.76. The fourth-order valence-corrected chi connectivity index (χ4v) is 0. The molecule has 0 atom stereocenters. The van der Waals surface area contributed by atoms with Crippen LogP contribution in [0.25, 0.3) is 0 Å². The highest BCUT2D eigenvalue weighted by Gasteiger charge is 1.56. The van der Waals surface area contributed by atoms with Crippen LogP contribution in [0.1, 0.15) is 26.7 Å². The third kappa shape index (κ3) is 51.2. The maximum absolute atomic E-state index is 2.18. The van der Waals surface area contributed by atoms with Crippen molar-refractivity contribution in [1.29, 1.82) is 0 Å². The van der Waals surface area contributed by atoms with E-state index in [4.69, 9.17) is 0 Å². The third-order valence-electron chi connectivity index (χ3n) is 0.500. The summed E-state index contributed by atoms with van der Waals surface area (Å²) >= 11 is 0. The van der Waals surface area contributed by atoms with Gasteiger partial charge in [0.25, 0.3) is 0 Å². The van der Waals surface area contributed by atoms with Crippen LogP contribution in [0.2, 0.25) is 0 Å². The summed E-state index contributed by atoms with van der Waals surface area (Å²) in [5.74, 6) is 0. The fraction of sp³-hybridized carbons (Fsp3) is 1.00. The molecule has 0 aromatic carbocycles. The average molecular weight is 196 g/mol. The molecule has 0 saturated carbocycles. The Morgan fingerprint density at radius 1 is 1.00 bits per heavy atom. The van der Waals surface area contributed by atoms with Crippen LogP contribution in [-0.2, 0) is 0 Å². The van der Waals surface area contributed by atoms with Crippen molar-refractivity contribution in [1.82, 2.24) is 0 Å². The summed E-state index contributed by atoms with van der Waals surface area (Å²) in [4.78, 5) is 0. The lowest BCUT2D eigenvalue weighted by atomic mass is 10.4. The molecular formula is C4H13BrClF. The molecule has 0 nitrogen and oxygen atoms in total. The SMILES string of the molecule is Br.CCCC.Cl.F. The first-order valence-corrected chi connectivity index (χ1v) is 1.91. The van der Waals surface area contributed by atoms with E-state index in [1.807, 2.05) is 0 Å². The number of halogens is 3. The molecule has 0 unspecified atom stereocenters. The van der Waals surface area contributed by atoms with Crippen LogP contribution in [0.15, 0.2) is 0 Å². The molecule has 0 N–H and O–H groups in total. The zero-order valence-corrected chi connectivity index (χ0v) is 7.17. The molecule has 50 valence electrons. The van der Waals surface area contributed by atoms with E-state index >= 15 is 0 Å². The predicted octanol–water partition coefficient (Wildman–Crippen LogP) is 2.96. The summed E-state index contributed by atoms with van der Waals surface area (Å²) in [6.07, 6.45) is 2.64. The van der Waals surface area contributed by atoms with Crippen molar-refractivity contribution >= 4 is 29.4 Å². The first-order valence-electron chi connectivity index (χ1n) is 1.91. The van der Waals surface area contributed by atoms with E-state index in [2.05, 4.69) is 13.8 Å². The Labute approximate surface area is 61.2 Å². The van der Waals surface area contributed by atoms with Crippen LogP contribution in [0.3, 0.4) is 0 Å². The number of hydrogen-bond acceptors (Lipinski definition) is 0. The second-order valence-corrected chi connectivity index (χ2v) is 1.000. The molecule has 0 aromatic heterocycles. The van der Waals surface area contributed by atoms with Crippen molar-refractivity contribution in [3.8, 4) is 0 Å². The minimum Gasteiger partial charge on any atom is -0.269 e. The lowest BCUT2D eigenvalue weighted by Crippen LogP contribution is -1.47. The normalized spacial score (nSPS) is 4.29. The first-order chi connectivity index (χ1) is 1.91. The predicted molar refractivity (Wildman–Crippen MR) is 40.7 cm³/mol. The van der Waals surface area contributed by atoms with Crippen LogP contribution in [0.4, 0.5) is 4.70 Å². The van der Waals surface area contributed by atoms with Crippen molar-refractivity contribution in [2.45, 2.75) is 26.7 Å². The topological polar surface area (TPSA) is 0 Å². The van der Waals surface area contributed by atoms with Gasteiger partial charge in [-0.3, -0.25) is 4.70 Å². The number of unbranched alkanes of at least 4 members (excludes halogenated alkanes) is 1. The Morgan fingerprint density at radius 3 is 1.14 bits per heavy atom. The van der Waals surface area contributed by atoms with Crippen molar-refractivity contribution in [2.24, 2.45) is 0 Å². The molecule has 0 aliphatic carbocycles. The molecule has 0 heterocycles. The van der Waals surface area contributed by atoms with Gasteiger partial charge < -0.3 is 0 Å². The van der Waals surface area contributed by atoms with E-state index in [1.54, 1.807) is 0 Å². The molecule has 7 heavy (non-hydrogen) atoms. The van der Waals surface area contributed by atoms with Crippen LogP contribution >= 0.6 is 29.4 Å². The second kappa shape index (κ2) is 29.9. The van der Waals surface area contributed by atoms with Crippen LogP contribution < -0.4 is 0 Å². The molecule has 0 fully saturated rings. The molecule has 0 spiro atoms. The van der Waals surface area contributed by atoms with Gasteiger partial charge in [0.2, 0.25) is 0 Å². The van der Waals surface area contributed by atoms with E-state index in [-0.39, 0.29) is 34.1 Å². The Bertz CT molecular complexity index is 13.7. The highest BCUT2D eigenvalue weighted by atomic mass is 79.9. The smallest absolute Gasteiger partial charge is 0.0564 e. The zero-order valence-electron chi connectivity index (χ0n) is 4.64. The van der Waals surface area contributed by atoms with Gasteiger partial charge in [0.05, 0.1) is 0 Å². The molecule has 0 rings (SSSR count). The largest absolute Gasteiger partial charge is 0.269 e. The standard InChI is InChI=1S/C4H10.BrH.ClH.FH/c1-3-4-2;;;/h3-4H2,1-2H3;3*1H. The minimum atomic E-state index is 0.